The molecule has 0 fully saturated rings. The van der Waals surface area contributed by atoms with Crippen LogP contribution in [0.5, 0.6) is 5.75 Å². The minimum Gasteiger partial charge on any atom is -0.406 e. The normalized spacial score (nSPS) is 12.8. The fourth-order valence-electron chi connectivity index (χ4n) is 1.33. The molecule has 0 spiro atoms. The van der Waals surface area contributed by atoms with Gasteiger partial charge in [0.25, 0.3) is 0 Å². The van der Waals surface area contributed by atoms with Crippen molar-refractivity contribution in [3.8, 4) is 5.75 Å². The SMILES string of the molecule is CCC(N)Cc1cc(OC(F)(F)F)ccc1F.Cl. The van der Waals surface area contributed by atoms with E-state index in [0.717, 1.165) is 18.2 Å². The van der Waals surface area contributed by atoms with E-state index in [1.807, 2.05) is 6.92 Å². The van der Waals surface area contributed by atoms with E-state index in [1.54, 1.807) is 0 Å². The summed E-state index contributed by atoms with van der Waals surface area (Å²) in [5.41, 5.74) is 5.75. The summed E-state index contributed by atoms with van der Waals surface area (Å²) in [5.74, 6) is -1.01. The maximum absolute atomic E-state index is 13.3. The Kier molecular flexibility index (Phi) is 6.42. The molecule has 0 aliphatic heterocycles. The molecule has 104 valence electrons. The number of benzene rings is 1. The van der Waals surface area contributed by atoms with Crippen LogP contribution in [-0.4, -0.2) is 12.4 Å². The van der Waals surface area contributed by atoms with Gasteiger partial charge in [0.1, 0.15) is 11.6 Å². The van der Waals surface area contributed by atoms with E-state index in [1.165, 1.54) is 0 Å². The van der Waals surface area contributed by atoms with Crippen molar-refractivity contribution in [1.82, 2.24) is 0 Å². The van der Waals surface area contributed by atoms with Crippen molar-refractivity contribution in [2.75, 3.05) is 0 Å². The topological polar surface area (TPSA) is 35.2 Å². The van der Waals surface area contributed by atoms with Gasteiger partial charge >= 0.3 is 6.36 Å². The van der Waals surface area contributed by atoms with Crippen LogP contribution in [0.3, 0.4) is 0 Å². The van der Waals surface area contributed by atoms with Crippen molar-refractivity contribution in [3.63, 3.8) is 0 Å². The Labute approximate surface area is 109 Å². The average Bonchev–Trinajstić information content (AvgIpc) is 2.20. The van der Waals surface area contributed by atoms with Crippen LogP contribution in [0.1, 0.15) is 18.9 Å². The quantitative estimate of drug-likeness (QED) is 0.861. The van der Waals surface area contributed by atoms with Gasteiger partial charge in [-0.25, -0.2) is 4.39 Å². The van der Waals surface area contributed by atoms with E-state index in [9.17, 15) is 17.6 Å². The fourth-order valence-corrected chi connectivity index (χ4v) is 1.33. The molecular weight excluding hydrogens is 274 g/mol. The Morgan fingerprint density at radius 3 is 2.44 bits per heavy atom. The highest BCUT2D eigenvalue weighted by Gasteiger charge is 2.31. The van der Waals surface area contributed by atoms with Gasteiger partial charge in [0.05, 0.1) is 0 Å². The molecule has 0 heterocycles. The summed E-state index contributed by atoms with van der Waals surface area (Å²) in [7, 11) is 0. The lowest BCUT2D eigenvalue weighted by Gasteiger charge is -2.13. The lowest BCUT2D eigenvalue weighted by Crippen LogP contribution is -2.22. The first-order valence-corrected chi connectivity index (χ1v) is 5.11. The molecule has 2 N–H and O–H groups in total. The fraction of sp³-hybridized carbons (Fsp3) is 0.455. The maximum atomic E-state index is 13.3. The lowest BCUT2D eigenvalue weighted by molar-refractivity contribution is -0.274. The predicted octanol–water partition coefficient (Wildman–Crippen LogP) is 3.43. The summed E-state index contributed by atoms with van der Waals surface area (Å²) in [4.78, 5) is 0. The van der Waals surface area contributed by atoms with Crippen LogP contribution in [0.2, 0.25) is 0 Å². The molecule has 0 saturated heterocycles. The third-order valence-corrected chi connectivity index (χ3v) is 2.26. The maximum Gasteiger partial charge on any atom is 0.573 e. The molecule has 1 aromatic rings. The van der Waals surface area contributed by atoms with Crippen LogP contribution in [-0.2, 0) is 6.42 Å². The first-order chi connectivity index (χ1) is 7.81. The Hall–Kier alpha value is -1.01. The van der Waals surface area contributed by atoms with Gasteiger partial charge in [-0.3, -0.25) is 0 Å². The lowest BCUT2D eigenvalue weighted by atomic mass is 10.0. The summed E-state index contributed by atoms with van der Waals surface area (Å²) in [6.07, 6.45) is -3.98. The predicted molar refractivity (Wildman–Crippen MR) is 62.3 cm³/mol. The van der Waals surface area contributed by atoms with Crippen LogP contribution in [0.4, 0.5) is 17.6 Å². The highest BCUT2D eigenvalue weighted by Crippen LogP contribution is 2.25. The van der Waals surface area contributed by atoms with Gasteiger partial charge in [-0.1, -0.05) is 6.92 Å². The Morgan fingerprint density at radius 1 is 1.33 bits per heavy atom. The molecule has 1 atom stereocenters. The molecule has 1 unspecified atom stereocenters. The largest absolute Gasteiger partial charge is 0.573 e. The van der Waals surface area contributed by atoms with Crippen molar-refractivity contribution in [2.45, 2.75) is 32.2 Å². The monoisotopic (exact) mass is 287 g/mol. The number of ether oxygens (including phenoxy) is 1. The molecule has 7 heteroatoms. The zero-order valence-corrected chi connectivity index (χ0v) is 10.4. The second-order valence-electron chi connectivity index (χ2n) is 3.67. The van der Waals surface area contributed by atoms with Gasteiger partial charge in [-0.05, 0) is 36.6 Å². The van der Waals surface area contributed by atoms with Crippen LogP contribution in [0.25, 0.3) is 0 Å². The van der Waals surface area contributed by atoms with Gasteiger partial charge in [0.15, 0.2) is 0 Å². The number of halogens is 5. The molecule has 18 heavy (non-hydrogen) atoms. The van der Waals surface area contributed by atoms with Gasteiger partial charge in [-0.2, -0.15) is 0 Å². The molecule has 0 amide bonds. The summed E-state index contributed by atoms with van der Waals surface area (Å²) in [5, 5.41) is 0. The summed E-state index contributed by atoms with van der Waals surface area (Å²) >= 11 is 0. The van der Waals surface area contributed by atoms with Crippen molar-refractivity contribution >= 4 is 12.4 Å². The third kappa shape index (κ3) is 5.55. The van der Waals surface area contributed by atoms with E-state index in [4.69, 9.17) is 5.73 Å². The van der Waals surface area contributed by atoms with Crippen LogP contribution < -0.4 is 10.5 Å². The minimum atomic E-state index is -4.78. The molecule has 0 radical (unpaired) electrons. The smallest absolute Gasteiger partial charge is 0.406 e. The molecule has 2 nitrogen and oxygen atoms in total. The second-order valence-corrected chi connectivity index (χ2v) is 3.67. The first-order valence-electron chi connectivity index (χ1n) is 5.11. The van der Waals surface area contributed by atoms with E-state index in [2.05, 4.69) is 4.74 Å². The average molecular weight is 288 g/mol. The highest BCUT2D eigenvalue weighted by atomic mass is 35.5. The zero-order valence-electron chi connectivity index (χ0n) is 9.63. The van der Waals surface area contributed by atoms with E-state index < -0.39 is 17.9 Å². The molecule has 0 saturated carbocycles. The molecule has 1 rings (SSSR count). The highest BCUT2D eigenvalue weighted by molar-refractivity contribution is 5.85. The molecule has 0 bridgehead atoms. The van der Waals surface area contributed by atoms with Crippen molar-refractivity contribution in [2.24, 2.45) is 5.73 Å². The molecule has 0 aliphatic carbocycles. The van der Waals surface area contributed by atoms with Crippen LogP contribution >= 0.6 is 12.4 Å². The van der Waals surface area contributed by atoms with Gasteiger partial charge in [0, 0.05) is 6.04 Å². The summed E-state index contributed by atoms with van der Waals surface area (Å²) < 4.78 is 52.9. The number of hydrogen-bond acceptors (Lipinski definition) is 2. The summed E-state index contributed by atoms with van der Waals surface area (Å²) in [6.45, 7) is 1.82. The Bertz CT molecular complexity index is 384. The minimum absolute atomic E-state index is 0. The molecule has 0 aliphatic rings. The number of rotatable bonds is 4. The Morgan fingerprint density at radius 2 is 1.94 bits per heavy atom. The van der Waals surface area contributed by atoms with Crippen molar-refractivity contribution in [3.05, 3.63) is 29.6 Å². The third-order valence-electron chi connectivity index (χ3n) is 2.26. The van der Waals surface area contributed by atoms with Gasteiger partial charge in [0.2, 0.25) is 0 Å². The van der Waals surface area contributed by atoms with Crippen LogP contribution in [0, 0.1) is 5.82 Å². The second kappa shape index (κ2) is 6.80. The van der Waals surface area contributed by atoms with E-state index >= 15 is 0 Å². The zero-order chi connectivity index (χ0) is 13.1. The van der Waals surface area contributed by atoms with Gasteiger partial charge in [-0.15, -0.1) is 25.6 Å². The number of nitrogens with two attached hydrogens (primary N) is 1. The molecule has 1 aromatic carbocycles. The molecular formula is C11H14ClF4NO. The molecule has 0 aromatic heterocycles. The Balaban J connectivity index is 0.00000289. The number of alkyl halides is 3. The van der Waals surface area contributed by atoms with Gasteiger partial charge < -0.3 is 10.5 Å². The number of hydrogen-bond donors (Lipinski definition) is 1. The van der Waals surface area contributed by atoms with E-state index in [-0.39, 0.29) is 30.4 Å². The van der Waals surface area contributed by atoms with Crippen molar-refractivity contribution < 1.29 is 22.3 Å². The summed E-state index contributed by atoms with van der Waals surface area (Å²) in [6, 6.07) is 2.62. The first kappa shape index (κ1) is 17.0. The van der Waals surface area contributed by atoms with Crippen molar-refractivity contribution in [1.29, 1.82) is 0 Å². The standard InChI is InChI=1S/C11H13F4NO.ClH/c1-2-8(16)5-7-6-9(3-4-10(7)12)17-11(13,14)15;/h3-4,6,8H,2,5,16H2,1H3;1H. The van der Waals surface area contributed by atoms with E-state index in [0.29, 0.717) is 6.42 Å². The van der Waals surface area contributed by atoms with Crippen LogP contribution in [0.15, 0.2) is 18.2 Å².